The highest BCUT2D eigenvalue weighted by atomic mass is 35.5. The average Bonchev–Trinajstić information content (AvgIpc) is 4.20. The summed E-state index contributed by atoms with van der Waals surface area (Å²) < 4.78 is 102. The number of hydrogen-bond acceptors (Lipinski definition) is 20. The molecule has 0 radical (unpaired) electrons. The maximum atomic E-state index is 13.5. The Morgan fingerprint density at radius 3 is 2.09 bits per heavy atom. The number of aliphatic imine (C=N–C) groups is 2. The van der Waals surface area contributed by atoms with Crippen molar-refractivity contribution in [1.29, 1.82) is 0 Å². The minimum Gasteiger partial charge on any atom is -0.420 e. The van der Waals surface area contributed by atoms with E-state index in [1.807, 2.05) is 0 Å². The van der Waals surface area contributed by atoms with E-state index < -0.39 is 37.5 Å². The molecule has 0 spiro atoms. The Kier molecular flexibility index (Phi) is 34.3. The molecular formula is C46H71ClF3N9O15P2. The number of carbonyl (C=O) groups excluding carboxylic acids is 2. The fourth-order valence-electron chi connectivity index (χ4n) is 7.07. The molecule has 76 heavy (non-hydrogen) atoms. The van der Waals surface area contributed by atoms with Gasteiger partial charge in [0.05, 0.1) is 155 Å². The van der Waals surface area contributed by atoms with Crippen molar-refractivity contribution < 1.29 is 84.4 Å². The summed E-state index contributed by atoms with van der Waals surface area (Å²) in [5.74, 6) is -3.88. The Bertz CT molecular complexity index is 2080. The molecule has 4 heterocycles. The first kappa shape index (κ1) is 64.6. The molecule has 0 saturated carbocycles. The molecule has 2 aliphatic rings. The molecule has 5 rings (SSSR count). The lowest BCUT2D eigenvalue weighted by molar-refractivity contribution is -0.136. The van der Waals surface area contributed by atoms with E-state index in [1.54, 1.807) is 21.8 Å². The van der Waals surface area contributed by atoms with Gasteiger partial charge in [-0.05, 0) is 38.8 Å². The molecule has 30 heteroatoms. The van der Waals surface area contributed by atoms with Gasteiger partial charge in [0.1, 0.15) is 23.4 Å². The van der Waals surface area contributed by atoms with Crippen molar-refractivity contribution in [1.82, 2.24) is 35.0 Å². The summed E-state index contributed by atoms with van der Waals surface area (Å²) in [6, 6.07) is 1.02. The molecule has 2 saturated heterocycles. The maximum Gasteiger partial charge on any atom is 0.313 e. The zero-order valence-electron chi connectivity index (χ0n) is 42.5. The summed E-state index contributed by atoms with van der Waals surface area (Å²) in [4.78, 5) is 51.3. The fraction of sp³-hybridized carbons (Fsp3) is 0.674. The lowest BCUT2D eigenvalue weighted by Crippen LogP contribution is -2.36. The van der Waals surface area contributed by atoms with E-state index >= 15 is 0 Å². The Morgan fingerprint density at radius 2 is 1.49 bits per heavy atom. The van der Waals surface area contributed by atoms with Crippen LogP contribution in [0.3, 0.4) is 0 Å². The van der Waals surface area contributed by atoms with Crippen molar-refractivity contribution in [2.45, 2.75) is 64.0 Å². The number of nitrogens with one attached hydrogen (secondary N) is 1. The number of alkyl halides is 1. The molecule has 3 aromatic rings. The van der Waals surface area contributed by atoms with Gasteiger partial charge in [-0.25, -0.2) is 27.5 Å². The number of rotatable bonds is 40. The Balaban J connectivity index is 0.000000366. The largest absolute Gasteiger partial charge is 0.420 e. The summed E-state index contributed by atoms with van der Waals surface area (Å²) in [5.41, 5.74) is 1.51. The minimum absolute atomic E-state index is 0.0414. The van der Waals surface area contributed by atoms with Crippen LogP contribution >= 0.6 is 28.8 Å². The van der Waals surface area contributed by atoms with Crippen molar-refractivity contribution in [2.75, 3.05) is 137 Å². The highest BCUT2D eigenvalue weighted by Crippen LogP contribution is 2.39. The van der Waals surface area contributed by atoms with Gasteiger partial charge in [0.25, 0.3) is 0 Å². The van der Waals surface area contributed by atoms with E-state index in [9.17, 15) is 27.7 Å². The Labute approximate surface area is 447 Å². The molecule has 2 fully saturated rings. The summed E-state index contributed by atoms with van der Waals surface area (Å²) >= 11 is 5.94. The zero-order valence-corrected chi connectivity index (χ0v) is 45.1. The highest BCUT2D eigenvalue weighted by molar-refractivity contribution is 7.58. The fourth-order valence-corrected chi connectivity index (χ4v) is 8.37. The molecule has 0 aliphatic carbocycles. The third kappa shape index (κ3) is 26.2. The second kappa shape index (κ2) is 40.3. The van der Waals surface area contributed by atoms with E-state index in [2.05, 4.69) is 47.1 Å². The van der Waals surface area contributed by atoms with Crippen LogP contribution < -0.4 is 10.1 Å². The number of likely N-dealkylation sites (tertiary alicyclic amines) is 1. The second-order valence-electron chi connectivity index (χ2n) is 16.2. The molecule has 0 bridgehead atoms. The van der Waals surface area contributed by atoms with Gasteiger partial charge in [0.2, 0.25) is 12.2 Å². The van der Waals surface area contributed by atoms with Crippen molar-refractivity contribution in [3.8, 4) is 5.75 Å². The van der Waals surface area contributed by atoms with Gasteiger partial charge in [-0.15, -0.1) is 16.7 Å². The molecule has 2 aliphatic heterocycles. The monoisotopic (exact) mass is 1140 g/mol. The Hall–Kier alpha value is -3.89. The lowest BCUT2D eigenvalue weighted by atomic mass is 10.1. The number of esters is 1. The van der Waals surface area contributed by atoms with Crippen LogP contribution in [0, 0.1) is 17.5 Å². The predicted molar refractivity (Wildman–Crippen MR) is 274 cm³/mol. The molecule has 1 aromatic carbocycles. The molecular weight excluding hydrogens is 1070 g/mol. The maximum absolute atomic E-state index is 13.5. The summed E-state index contributed by atoms with van der Waals surface area (Å²) in [6.07, 6.45) is 8.54. The predicted octanol–water partition coefficient (Wildman–Crippen LogP) is 4.26. The van der Waals surface area contributed by atoms with Gasteiger partial charge in [0, 0.05) is 40.6 Å². The number of aromatic nitrogens is 5. The van der Waals surface area contributed by atoms with Crippen LogP contribution in [0.4, 0.5) is 19.0 Å². The average molecular weight is 1140 g/mol. The molecule has 4 atom stereocenters. The number of benzene rings is 1. The first-order valence-corrected chi connectivity index (χ1v) is 27.8. The number of ether oxygens (including phenoxy) is 10. The number of piperidine rings is 1. The third-order valence-electron chi connectivity index (χ3n) is 10.6. The van der Waals surface area contributed by atoms with Gasteiger partial charge in [-0.1, -0.05) is 5.21 Å². The molecule has 3 N–H and O–H groups in total. The number of carbonyl (C=O) groups is 2. The first-order valence-electron chi connectivity index (χ1n) is 24.7. The van der Waals surface area contributed by atoms with Crippen LogP contribution in [0.1, 0.15) is 56.0 Å². The van der Waals surface area contributed by atoms with Gasteiger partial charge < -0.3 is 71.9 Å². The number of amides is 1. The van der Waals surface area contributed by atoms with E-state index in [1.165, 1.54) is 6.42 Å². The molecule has 428 valence electrons. The smallest absolute Gasteiger partial charge is 0.313 e. The van der Waals surface area contributed by atoms with E-state index in [0.29, 0.717) is 136 Å². The van der Waals surface area contributed by atoms with Crippen LogP contribution in [0.25, 0.3) is 0 Å². The second-order valence-corrected chi connectivity index (χ2v) is 19.0. The minimum atomic E-state index is -1.59. The van der Waals surface area contributed by atoms with Crippen molar-refractivity contribution in [3.05, 3.63) is 53.2 Å². The lowest BCUT2D eigenvalue weighted by Gasteiger charge is -2.29. The van der Waals surface area contributed by atoms with E-state index in [0.717, 1.165) is 50.2 Å². The number of halogens is 4. The van der Waals surface area contributed by atoms with Crippen LogP contribution in [0.2, 0.25) is 0 Å². The standard InChI is InChI=1S/C29H43F3N4O11.C17H28ClN5O4P2/c30-24-19-26(31)29(27(32)20-24)47-28(38)1-4-39-7-10-42-13-14-44-12-9-41-6-3-36-21-25(34-35-36)22-46-18-17-45-16-15-43-11-8-40-5-2-33-23-37;1-19-16-14(17(20-11-18)22-7-3-2-4-8-22)9-21-23(16)15-6-5-13(27-15)10-26-29(25)12-28-24/h19-21,23H,1-18,22H2,(H,33,37);9,13,15,24-25,28H,1-8,10-12H2/b;20-17+. The van der Waals surface area contributed by atoms with Gasteiger partial charge in [-0.2, -0.15) is 5.10 Å². The molecule has 2 aromatic heterocycles. The highest BCUT2D eigenvalue weighted by Gasteiger charge is 2.32. The van der Waals surface area contributed by atoms with Crippen molar-refractivity contribution >= 4 is 59.5 Å². The van der Waals surface area contributed by atoms with E-state index in [-0.39, 0.29) is 59.3 Å². The quantitative estimate of drug-likeness (QED) is 0.00827. The number of hydrogen-bond donors (Lipinski definition) is 3. The SMILES string of the molecule is C=Nc1c(/C(=N\CCl)N2CCCCC2)cnn1C1CCC(COP(O)CPO)O1.O=CNCCOCCOCCOCCOCc1cn(CCOCCOCCOCCOCCC(=O)Oc2c(F)cc(F)cc2F)nn1. The van der Waals surface area contributed by atoms with Crippen molar-refractivity contribution in [2.24, 2.45) is 9.98 Å². The third-order valence-corrected chi connectivity index (χ3v) is 12.8. The topological polar surface area (TPSA) is 265 Å². The van der Waals surface area contributed by atoms with E-state index in [4.69, 9.17) is 63.6 Å². The first-order chi connectivity index (χ1) is 37.2. The van der Waals surface area contributed by atoms with Crippen LogP contribution in [-0.2, 0) is 69.9 Å². The molecule has 1 amide bonds. The van der Waals surface area contributed by atoms with Crippen molar-refractivity contribution in [3.63, 3.8) is 0 Å². The summed E-state index contributed by atoms with van der Waals surface area (Å²) in [6.45, 7) is 12.6. The van der Waals surface area contributed by atoms with Gasteiger partial charge >= 0.3 is 5.97 Å². The number of nitrogens with zero attached hydrogens (tertiary/aromatic N) is 8. The Morgan fingerprint density at radius 1 is 0.882 bits per heavy atom. The summed E-state index contributed by atoms with van der Waals surface area (Å²) in [7, 11) is -1.91. The van der Waals surface area contributed by atoms with Gasteiger partial charge in [0.15, 0.2) is 32.1 Å². The normalized spacial score (nSPS) is 16.3. The molecule has 4 unspecified atom stereocenters. The van der Waals surface area contributed by atoms with Crippen LogP contribution in [-0.4, -0.2) is 208 Å². The van der Waals surface area contributed by atoms with Crippen LogP contribution in [0.5, 0.6) is 5.75 Å². The summed E-state index contributed by atoms with van der Waals surface area (Å²) in [5, 5.41) is 15.1. The molecule has 24 nitrogen and oxygen atoms in total. The van der Waals surface area contributed by atoms with Gasteiger partial charge in [-0.3, -0.25) is 14.6 Å². The zero-order chi connectivity index (χ0) is 54.4. The van der Waals surface area contributed by atoms with Crippen LogP contribution in [0.15, 0.2) is 34.5 Å². The number of amidine groups is 1.